The van der Waals surface area contributed by atoms with Gasteiger partial charge in [-0.05, 0) is 68.6 Å². The summed E-state index contributed by atoms with van der Waals surface area (Å²) in [6.07, 6.45) is 6.58. The number of anilines is 1. The van der Waals surface area contributed by atoms with Crippen LogP contribution < -0.4 is 5.32 Å². The van der Waals surface area contributed by atoms with Gasteiger partial charge in [0.2, 0.25) is 0 Å². The van der Waals surface area contributed by atoms with Gasteiger partial charge in [0, 0.05) is 56.6 Å². The molecule has 5 nitrogen and oxygen atoms in total. The van der Waals surface area contributed by atoms with Crippen LogP contribution in [0.2, 0.25) is 0 Å². The molecule has 0 spiro atoms. The average molecular weight is 477 g/mol. The molecule has 1 saturated heterocycles. The fourth-order valence-corrected chi connectivity index (χ4v) is 5.73. The molecule has 0 aromatic heterocycles. The van der Waals surface area contributed by atoms with Gasteiger partial charge in [-0.15, -0.1) is 0 Å². The minimum Gasteiger partial charge on any atom is -0.382 e. The lowest BCUT2D eigenvalue weighted by atomic mass is 9.93. The first kappa shape index (κ1) is 25.7. The Morgan fingerprint density at radius 3 is 2.23 bits per heavy atom. The standard InChI is InChI=1S/C30H44N4O/c1-4-32-19-21-34(22-20-32)29(24-15-17-25(18-16-24)30(35)33(5-2)6-3)26-11-10-14-28(23-26)31-27-12-8-7-9-13-27/h10-11,14-18,23,27,29,31H,4-9,12-13,19-22H2,1-3H3. The van der Waals surface area contributed by atoms with Crippen molar-refractivity contribution in [3.05, 3.63) is 65.2 Å². The van der Waals surface area contributed by atoms with E-state index in [9.17, 15) is 4.79 Å². The van der Waals surface area contributed by atoms with E-state index >= 15 is 0 Å². The van der Waals surface area contributed by atoms with E-state index in [0.717, 1.165) is 51.4 Å². The second-order valence-electron chi connectivity index (χ2n) is 10.1. The number of carbonyl (C=O) groups excluding carboxylic acids is 1. The van der Waals surface area contributed by atoms with Gasteiger partial charge in [0.1, 0.15) is 0 Å². The summed E-state index contributed by atoms with van der Waals surface area (Å²) in [5.74, 6) is 0.119. The van der Waals surface area contributed by atoms with Gasteiger partial charge in [0.05, 0.1) is 6.04 Å². The third-order valence-electron chi connectivity index (χ3n) is 7.92. The number of amides is 1. The summed E-state index contributed by atoms with van der Waals surface area (Å²) >= 11 is 0. The molecule has 1 heterocycles. The maximum atomic E-state index is 12.9. The van der Waals surface area contributed by atoms with Crippen molar-refractivity contribution < 1.29 is 4.79 Å². The van der Waals surface area contributed by atoms with Gasteiger partial charge in [-0.25, -0.2) is 0 Å². The molecule has 0 radical (unpaired) electrons. The molecule has 1 aliphatic heterocycles. The van der Waals surface area contributed by atoms with E-state index < -0.39 is 0 Å². The number of nitrogens with one attached hydrogen (secondary N) is 1. The Bertz CT molecular complexity index is 926. The number of hydrogen-bond donors (Lipinski definition) is 1. The topological polar surface area (TPSA) is 38.8 Å². The fraction of sp³-hybridized carbons (Fsp3) is 0.567. The van der Waals surface area contributed by atoms with E-state index in [-0.39, 0.29) is 11.9 Å². The van der Waals surface area contributed by atoms with Crippen LogP contribution >= 0.6 is 0 Å². The molecule has 1 aliphatic carbocycles. The maximum Gasteiger partial charge on any atom is 0.253 e. The van der Waals surface area contributed by atoms with E-state index in [2.05, 4.69) is 58.4 Å². The lowest BCUT2D eigenvalue weighted by molar-refractivity contribution is 0.0773. The van der Waals surface area contributed by atoms with Crippen LogP contribution in [0.25, 0.3) is 0 Å². The fourth-order valence-electron chi connectivity index (χ4n) is 5.73. The number of rotatable bonds is 9. The largest absolute Gasteiger partial charge is 0.382 e. The van der Waals surface area contributed by atoms with E-state index in [4.69, 9.17) is 0 Å². The summed E-state index contributed by atoms with van der Waals surface area (Å²) in [6, 6.07) is 18.2. The smallest absolute Gasteiger partial charge is 0.253 e. The normalized spacial score (nSPS) is 18.8. The van der Waals surface area contributed by atoms with E-state index in [1.807, 2.05) is 30.9 Å². The summed E-state index contributed by atoms with van der Waals surface area (Å²) in [5.41, 5.74) is 4.61. The van der Waals surface area contributed by atoms with Crippen molar-refractivity contribution in [2.75, 3.05) is 51.1 Å². The van der Waals surface area contributed by atoms with Gasteiger partial charge < -0.3 is 15.1 Å². The zero-order valence-electron chi connectivity index (χ0n) is 22.0. The summed E-state index contributed by atoms with van der Waals surface area (Å²) < 4.78 is 0. The molecule has 190 valence electrons. The zero-order chi connectivity index (χ0) is 24.6. The SMILES string of the molecule is CCN1CCN(C(c2ccc(C(=O)N(CC)CC)cc2)c2cccc(NC3CCCCC3)c2)CC1. The molecule has 1 unspecified atom stereocenters. The molecule has 1 saturated carbocycles. The highest BCUT2D eigenvalue weighted by Gasteiger charge is 2.27. The third kappa shape index (κ3) is 6.45. The molecule has 35 heavy (non-hydrogen) atoms. The lowest BCUT2D eigenvalue weighted by Gasteiger charge is -2.39. The molecule has 1 atom stereocenters. The van der Waals surface area contributed by atoms with Gasteiger partial charge in [0.25, 0.3) is 5.91 Å². The first-order valence-electron chi connectivity index (χ1n) is 13.8. The van der Waals surface area contributed by atoms with Gasteiger partial charge in [-0.2, -0.15) is 0 Å². The van der Waals surface area contributed by atoms with Gasteiger partial charge >= 0.3 is 0 Å². The van der Waals surface area contributed by atoms with Crippen molar-refractivity contribution >= 4 is 11.6 Å². The van der Waals surface area contributed by atoms with Crippen LogP contribution in [-0.4, -0.2) is 72.5 Å². The minimum atomic E-state index is 0.119. The minimum absolute atomic E-state index is 0.119. The number of carbonyl (C=O) groups is 1. The Labute approximate surface area is 212 Å². The second kappa shape index (κ2) is 12.5. The molecule has 2 aromatic rings. The van der Waals surface area contributed by atoms with Crippen molar-refractivity contribution in [3.63, 3.8) is 0 Å². The highest BCUT2D eigenvalue weighted by Crippen LogP contribution is 2.32. The number of likely N-dealkylation sites (N-methyl/N-ethyl adjacent to an activating group) is 1. The summed E-state index contributed by atoms with van der Waals surface area (Å²) in [6.45, 7) is 13.2. The highest BCUT2D eigenvalue weighted by molar-refractivity contribution is 5.94. The Morgan fingerprint density at radius 1 is 0.914 bits per heavy atom. The molecular weight excluding hydrogens is 432 g/mol. The number of piperazine rings is 1. The number of benzene rings is 2. The van der Waals surface area contributed by atoms with E-state index in [1.54, 1.807) is 0 Å². The zero-order valence-corrected chi connectivity index (χ0v) is 22.0. The first-order chi connectivity index (χ1) is 17.1. The monoisotopic (exact) mass is 476 g/mol. The van der Waals surface area contributed by atoms with E-state index in [1.165, 1.54) is 48.9 Å². The Hall–Kier alpha value is -2.37. The number of hydrogen-bond acceptors (Lipinski definition) is 4. The van der Waals surface area contributed by atoms with Gasteiger partial charge in [-0.1, -0.05) is 50.5 Å². The Kier molecular flexibility index (Phi) is 9.22. The molecule has 0 bridgehead atoms. The van der Waals surface area contributed by atoms with Crippen molar-refractivity contribution in [2.24, 2.45) is 0 Å². The molecule has 1 N–H and O–H groups in total. The molecule has 4 rings (SSSR count). The molecule has 5 heteroatoms. The molecule has 2 aromatic carbocycles. The van der Waals surface area contributed by atoms with Crippen molar-refractivity contribution in [1.82, 2.24) is 14.7 Å². The van der Waals surface area contributed by atoms with Crippen LogP contribution in [0.1, 0.15) is 80.4 Å². The van der Waals surface area contributed by atoms with Crippen LogP contribution in [-0.2, 0) is 0 Å². The molecule has 2 fully saturated rings. The van der Waals surface area contributed by atoms with Gasteiger partial charge in [0.15, 0.2) is 0 Å². The summed E-state index contributed by atoms with van der Waals surface area (Å²) in [4.78, 5) is 19.9. The van der Waals surface area contributed by atoms with E-state index in [0.29, 0.717) is 6.04 Å². The average Bonchev–Trinajstić information content (AvgIpc) is 2.91. The Balaban J connectivity index is 1.60. The number of nitrogens with zero attached hydrogens (tertiary/aromatic N) is 3. The predicted molar refractivity (Wildman–Crippen MR) is 146 cm³/mol. The van der Waals surface area contributed by atoms with Gasteiger partial charge in [-0.3, -0.25) is 9.69 Å². The maximum absolute atomic E-state index is 12.9. The summed E-state index contributed by atoms with van der Waals surface area (Å²) in [5, 5.41) is 3.82. The molecular formula is C30H44N4O. The highest BCUT2D eigenvalue weighted by atomic mass is 16.2. The molecule has 1 amide bonds. The van der Waals surface area contributed by atoms with Crippen molar-refractivity contribution in [3.8, 4) is 0 Å². The lowest BCUT2D eigenvalue weighted by Crippen LogP contribution is -2.47. The van der Waals surface area contributed by atoms with Crippen molar-refractivity contribution in [1.29, 1.82) is 0 Å². The third-order valence-corrected chi connectivity index (χ3v) is 7.92. The van der Waals surface area contributed by atoms with Crippen LogP contribution in [0.15, 0.2) is 48.5 Å². The van der Waals surface area contributed by atoms with Crippen LogP contribution in [0, 0.1) is 0 Å². The molecule has 2 aliphatic rings. The first-order valence-corrected chi connectivity index (χ1v) is 13.8. The quantitative estimate of drug-likeness (QED) is 0.508. The summed E-state index contributed by atoms with van der Waals surface area (Å²) in [7, 11) is 0. The van der Waals surface area contributed by atoms with Crippen molar-refractivity contribution in [2.45, 2.75) is 65.0 Å². The predicted octanol–water partition coefficient (Wildman–Crippen LogP) is 5.64. The van der Waals surface area contributed by atoms with Crippen LogP contribution in [0.3, 0.4) is 0 Å². The Morgan fingerprint density at radius 2 is 1.60 bits per heavy atom. The van der Waals surface area contributed by atoms with Crippen LogP contribution in [0.5, 0.6) is 0 Å². The second-order valence-corrected chi connectivity index (χ2v) is 10.1. The van der Waals surface area contributed by atoms with Crippen LogP contribution in [0.4, 0.5) is 5.69 Å².